The number of hydrogen-bond donors (Lipinski definition) is 1. The van der Waals surface area contributed by atoms with Crippen molar-refractivity contribution in [3.63, 3.8) is 0 Å². The molecule has 0 saturated carbocycles. The van der Waals surface area contributed by atoms with Crippen LogP contribution in [0.3, 0.4) is 0 Å². The third kappa shape index (κ3) is 3.40. The number of furan rings is 1. The summed E-state index contributed by atoms with van der Waals surface area (Å²) in [5.41, 5.74) is 1.22. The minimum atomic E-state index is -0.723. The second-order valence-electron chi connectivity index (χ2n) is 6.65. The molecule has 1 unspecified atom stereocenters. The van der Waals surface area contributed by atoms with Crippen molar-refractivity contribution in [2.75, 3.05) is 7.11 Å². The minimum absolute atomic E-state index is 0.0536. The molecule has 3 aromatic rings. The van der Waals surface area contributed by atoms with Gasteiger partial charge in [0.05, 0.1) is 31.5 Å². The lowest BCUT2D eigenvalue weighted by molar-refractivity contribution is -0.140. The molecule has 1 saturated heterocycles. The van der Waals surface area contributed by atoms with E-state index in [-0.39, 0.29) is 17.9 Å². The summed E-state index contributed by atoms with van der Waals surface area (Å²) in [7, 11) is 1.55. The van der Waals surface area contributed by atoms with Gasteiger partial charge in [0.1, 0.15) is 17.3 Å². The molecule has 4 rings (SSSR count). The number of amides is 1. The number of aliphatic hydroxyl groups is 1. The van der Waals surface area contributed by atoms with E-state index in [0.29, 0.717) is 17.1 Å². The van der Waals surface area contributed by atoms with Gasteiger partial charge in [0.25, 0.3) is 11.7 Å². The van der Waals surface area contributed by atoms with Crippen molar-refractivity contribution >= 4 is 17.4 Å². The summed E-state index contributed by atoms with van der Waals surface area (Å²) in [6.07, 6.45) is 1.51. The normalized spacial score (nSPS) is 18.2. The molecule has 6 nitrogen and oxygen atoms in total. The first kappa shape index (κ1) is 18.6. The van der Waals surface area contributed by atoms with Gasteiger partial charge in [-0.2, -0.15) is 0 Å². The highest BCUT2D eigenvalue weighted by molar-refractivity contribution is 6.46. The molecule has 1 aliphatic rings. The first-order valence-electron chi connectivity index (χ1n) is 9.10. The Morgan fingerprint density at radius 1 is 1.03 bits per heavy atom. The second kappa shape index (κ2) is 7.67. The van der Waals surface area contributed by atoms with Crippen molar-refractivity contribution in [2.45, 2.75) is 12.6 Å². The zero-order valence-electron chi connectivity index (χ0n) is 15.7. The van der Waals surface area contributed by atoms with E-state index in [4.69, 9.17) is 9.15 Å². The number of carbonyl (C=O) groups is 2. The number of nitrogens with zero attached hydrogens (tertiary/aromatic N) is 1. The van der Waals surface area contributed by atoms with Crippen LogP contribution in [0, 0.1) is 0 Å². The summed E-state index contributed by atoms with van der Waals surface area (Å²) in [5, 5.41) is 11.0. The molecule has 29 heavy (non-hydrogen) atoms. The second-order valence-corrected chi connectivity index (χ2v) is 6.65. The monoisotopic (exact) mass is 389 g/mol. The quantitative estimate of drug-likeness (QED) is 0.407. The number of ketones is 1. The van der Waals surface area contributed by atoms with Crippen molar-refractivity contribution in [3.8, 4) is 5.75 Å². The fourth-order valence-electron chi connectivity index (χ4n) is 3.50. The topological polar surface area (TPSA) is 80.0 Å². The van der Waals surface area contributed by atoms with Crippen molar-refractivity contribution < 1.29 is 23.8 Å². The lowest BCUT2D eigenvalue weighted by Crippen LogP contribution is -2.29. The minimum Gasteiger partial charge on any atom is -0.507 e. The Bertz CT molecular complexity index is 1050. The van der Waals surface area contributed by atoms with Crippen LogP contribution in [-0.2, 0) is 16.1 Å². The molecular formula is C23H19NO5. The van der Waals surface area contributed by atoms with Crippen LogP contribution in [0.1, 0.15) is 22.9 Å². The third-order valence-electron chi connectivity index (χ3n) is 4.93. The number of carbonyl (C=O) groups excluding carboxylic acids is 2. The molecule has 0 spiro atoms. The van der Waals surface area contributed by atoms with E-state index >= 15 is 0 Å². The molecule has 1 N–H and O–H groups in total. The van der Waals surface area contributed by atoms with Gasteiger partial charge in [-0.3, -0.25) is 9.59 Å². The Morgan fingerprint density at radius 2 is 1.76 bits per heavy atom. The van der Waals surface area contributed by atoms with Gasteiger partial charge < -0.3 is 19.2 Å². The highest BCUT2D eigenvalue weighted by Crippen LogP contribution is 2.40. The number of Topliss-reactive ketones (excluding diaryl/α,β-unsaturated/α-hetero) is 1. The highest BCUT2D eigenvalue weighted by atomic mass is 16.5. The summed E-state index contributed by atoms with van der Waals surface area (Å²) in [6, 6.07) is 18.6. The number of methoxy groups -OCH3 is 1. The van der Waals surface area contributed by atoms with Crippen LogP contribution in [0.25, 0.3) is 5.76 Å². The average molecular weight is 389 g/mol. The van der Waals surface area contributed by atoms with Crippen LogP contribution in [-0.4, -0.2) is 28.8 Å². The van der Waals surface area contributed by atoms with Crippen molar-refractivity contribution in [2.24, 2.45) is 0 Å². The zero-order chi connectivity index (χ0) is 20.4. The van der Waals surface area contributed by atoms with E-state index in [2.05, 4.69) is 0 Å². The number of benzene rings is 2. The molecule has 2 heterocycles. The maximum absolute atomic E-state index is 12.9. The van der Waals surface area contributed by atoms with Crippen LogP contribution in [0.15, 0.2) is 83.0 Å². The molecule has 0 radical (unpaired) electrons. The molecule has 0 aliphatic carbocycles. The SMILES string of the molecule is COc1ccc(C(O)=C2C(=O)C(=O)N(Cc3ccco3)C2c2ccccc2)cc1. The smallest absolute Gasteiger partial charge is 0.296 e. The average Bonchev–Trinajstić information content (AvgIpc) is 3.36. The molecule has 146 valence electrons. The van der Waals surface area contributed by atoms with Crippen LogP contribution in [0.4, 0.5) is 0 Å². The fourth-order valence-corrected chi connectivity index (χ4v) is 3.50. The lowest BCUT2D eigenvalue weighted by Gasteiger charge is -2.24. The number of ether oxygens (including phenoxy) is 1. The molecule has 0 bridgehead atoms. The largest absolute Gasteiger partial charge is 0.507 e. The number of rotatable bonds is 5. The fraction of sp³-hybridized carbons (Fsp3) is 0.130. The van der Waals surface area contributed by atoms with Crippen molar-refractivity contribution in [1.29, 1.82) is 0 Å². The Labute approximate surface area is 167 Å². The van der Waals surface area contributed by atoms with Crippen LogP contribution < -0.4 is 4.74 Å². The summed E-state index contributed by atoms with van der Waals surface area (Å²) in [4.78, 5) is 27.2. The van der Waals surface area contributed by atoms with Gasteiger partial charge in [0.15, 0.2) is 0 Å². The summed E-state index contributed by atoms with van der Waals surface area (Å²) >= 11 is 0. The number of likely N-dealkylation sites (tertiary alicyclic amines) is 1. The Morgan fingerprint density at radius 3 is 2.38 bits per heavy atom. The van der Waals surface area contributed by atoms with Gasteiger partial charge in [-0.25, -0.2) is 0 Å². The third-order valence-corrected chi connectivity index (χ3v) is 4.93. The Kier molecular flexibility index (Phi) is 4.91. The van der Waals surface area contributed by atoms with E-state index in [1.165, 1.54) is 11.2 Å². The maximum Gasteiger partial charge on any atom is 0.296 e. The predicted molar refractivity (Wildman–Crippen MR) is 106 cm³/mol. The van der Waals surface area contributed by atoms with E-state index in [1.54, 1.807) is 43.5 Å². The van der Waals surface area contributed by atoms with Crippen LogP contribution in [0.2, 0.25) is 0 Å². The van der Waals surface area contributed by atoms with Crippen molar-refractivity contribution in [3.05, 3.63) is 95.5 Å². The summed E-state index contributed by atoms with van der Waals surface area (Å²) < 4.78 is 10.5. The molecular weight excluding hydrogens is 370 g/mol. The highest BCUT2D eigenvalue weighted by Gasteiger charge is 2.46. The zero-order valence-corrected chi connectivity index (χ0v) is 15.7. The van der Waals surface area contributed by atoms with Gasteiger partial charge in [-0.1, -0.05) is 30.3 Å². The van der Waals surface area contributed by atoms with E-state index in [9.17, 15) is 14.7 Å². The summed E-state index contributed by atoms with van der Waals surface area (Å²) in [6.45, 7) is 0.122. The first-order chi connectivity index (χ1) is 14.1. The molecule has 1 aliphatic heterocycles. The number of hydrogen-bond acceptors (Lipinski definition) is 5. The Hall–Kier alpha value is -3.80. The molecule has 1 amide bonds. The Balaban J connectivity index is 1.83. The van der Waals surface area contributed by atoms with Gasteiger partial charge in [0, 0.05) is 5.56 Å². The first-order valence-corrected chi connectivity index (χ1v) is 9.10. The molecule has 1 aromatic heterocycles. The van der Waals surface area contributed by atoms with E-state index < -0.39 is 17.7 Å². The van der Waals surface area contributed by atoms with Crippen LogP contribution >= 0.6 is 0 Å². The van der Waals surface area contributed by atoms with Gasteiger partial charge in [0.2, 0.25) is 0 Å². The van der Waals surface area contributed by atoms with Crippen molar-refractivity contribution in [1.82, 2.24) is 4.90 Å². The lowest BCUT2D eigenvalue weighted by atomic mass is 9.95. The molecule has 2 aromatic carbocycles. The molecule has 6 heteroatoms. The van der Waals surface area contributed by atoms with E-state index in [0.717, 1.165) is 5.56 Å². The summed E-state index contributed by atoms with van der Waals surface area (Å²) in [5.74, 6) is -0.442. The van der Waals surface area contributed by atoms with Gasteiger partial charge in [-0.05, 0) is 42.0 Å². The van der Waals surface area contributed by atoms with Gasteiger partial charge >= 0.3 is 0 Å². The maximum atomic E-state index is 12.9. The van der Waals surface area contributed by atoms with Crippen LogP contribution in [0.5, 0.6) is 5.75 Å². The predicted octanol–water partition coefficient (Wildman–Crippen LogP) is 3.91. The molecule has 1 fully saturated rings. The number of aliphatic hydroxyl groups excluding tert-OH is 1. The standard InChI is InChI=1S/C23H19NO5/c1-28-17-11-9-16(10-12-17)21(25)19-20(15-6-3-2-4-7-15)24(23(27)22(19)26)14-18-8-5-13-29-18/h2-13,20,25H,14H2,1H3. The van der Waals surface area contributed by atoms with Gasteiger partial charge in [-0.15, -0.1) is 0 Å². The van der Waals surface area contributed by atoms with E-state index in [1.807, 2.05) is 30.3 Å². The molecule has 1 atom stereocenters.